The van der Waals surface area contributed by atoms with Gasteiger partial charge >= 0.3 is 0 Å². The molecule has 6 heteroatoms. The summed E-state index contributed by atoms with van der Waals surface area (Å²) in [5.41, 5.74) is 1.02. The maximum atomic E-state index is 5.12. The van der Waals surface area contributed by atoms with Crippen molar-refractivity contribution in [3.8, 4) is 5.75 Å². The first-order chi connectivity index (χ1) is 8.13. The normalized spacial score (nSPS) is 10.3. The largest absolute Gasteiger partial charge is 0.497 e. The van der Waals surface area contributed by atoms with Gasteiger partial charge in [-0.2, -0.15) is 0 Å². The van der Waals surface area contributed by atoms with E-state index >= 15 is 0 Å². The molecule has 0 saturated heterocycles. The molecule has 0 bridgehead atoms. The zero-order valence-electron chi connectivity index (χ0n) is 9.97. The average Bonchev–Trinajstić information content (AvgIpc) is 2.69. The Kier molecular flexibility index (Phi) is 3.14. The van der Waals surface area contributed by atoms with Gasteiger partial charge in [0.2, 0.25) is 5.95 Å². The van der Waals surface area contributed by atoms with Gasteiger partial charge in [-0.15, -0.1) is 5.10 Å². The topological polar surface area (TPSA) is 46.1 Å². The Morgan fingerprint density at radius 3 is 2.47 bits per heavy atom. The van der Waals surface area contributed by atoms with Crippen molar-refractivity contribution in [3.05, 3.63) is 29.0 Å². The highest BCUT2D eigenvalue weighted by Gasteiger charge is 2.09. The van der Waals surface area contributed by atoms with Crippen LogP contribution in [0.3, 0.4) is 0 Å². The molecule has 17 heavy (non-hydrogen) atoms. The maximum absolute atomic E-state index is 5.12. The summed E-state index contributed by atoms with van der Waals surface area (Å²) in [7, 11) is 5.46. The number of anilines is 2. The molecule has 1 aromatic carbocycles. The molecule has 0 unspecified atom stereocenters. The van der Waals surface area contributed by atoms with E-state index in [-0.39, 0.29) is 0 Å². The summed E-state index contributed by atoms with van der Waals surface area (Å²) in [4.78, 5) is 1.95. The Hall–Kier alpha value is -1.82. The summed E-state index contributed by atoms with van der Waals surface area (Å²) in [5, 5.41) is 6.93. The van der Waals surface area contributed by atoms with E-state index in [1.165, 1.54) is 0 Å². The van der Waals surface area contributed by atoms with Crippen molar-refractivity contribution < 1.29 is 4.74 Å². The number of aromatic nitrogens is 3. The minimum atomic E-state index is 0.598. The number of benzene rings is 1. The summed E-state index contributed by atoms with van der Waals surface area (Å²) in [6.45, 7) is 0. The molecule has 0 aliphatic heterocycles. The Morgan fingerprint density at radius 2 is 2.00 bits per heavy atom. The zero-order valence-corrected chi connectivity index (χ0v) is 10.8. The van der Waals surface area contributed by atoms with E-state index in [0.29, 0.717) is 4.77 Å². The average molecular weight is 250 g/mol. The van der Waals surface area contributed by atoms with Crippen LogP contribution >= 0.6 is 12.2 Å². The molecule has 2 aromatic rings. The molecule has 90 valence electrons. The number of rotatable bonds is 3. The first-order valence-corrected chi connectivity index (χ1v) is 5.53. The van der Waals surface area contributed by atoms with Gasteiger partial charge in [0, 0.05) is 19.8 Å². The lowest BCUT2D eigenvalue weighted by Gasteiger charge is -2.17. The molecule has 0 spiro atoms. The Bertz CT molecular complexity index is 558. The monoisotopic (exact) mass is 250 g/mol. The fourth-order valence-electron chi connectivity index (χ4n) is 1.56. The van der Waals surface area contributed by atoms with Crippen LogP contribution in [0, 0.1) is 4.77 Å². The lowest BCUT2D eigenvalue weighted by atomic mass is 10.3. The van der Waals surface area contributed by atoms with Gasteiger partial charge in [-0.1, -0.05) is 0 Å². The second-order valence-corrected chi connectivity index (χ2v) is 4.03. The summed E-state index contributed by atoms with van der Waals surface area (Å²) >= 11 is 5.08. The van der Waals surface area contributed by atoms with Crippen LogP contribution in [0.1, 0.15) is 0 Å². The molecule has 5 nitrogen and oxygen atoms in total. The van der Waals surface area contributed by atoms with E-state index < -0.39 is 0 Å². The molecule has 0 amide bonds. The van der Waals surface area contributed by atoms with Crippen molar-refractivity contribution >= 4 is 23.9 Å². The van der Waals surface area contributed by atoms with E-state index in [0.717, 1.165) is 17.4 Å². The van der Waals surface area contributed by atoms with Gasteiger partial charge in [0.1, 0.15) is 5.75 Å². The molecule has 0 radical (unpaired) electrons. The van der Waals surface area contributed by atoms with Gasteiger partial charge in [-0.05, 0) is 36.5 Å². The lowest BCUT2D eigenvalue weighted by molar-refractivity contribution is 0.415. The zero-order chi connectivity index (χ0) is 12.4. The summed E-state index contributed by atoms with van der Waals surface area (Å²) in [6.07, 6.45) is 0. The van der Waals surface area contributed by atoms with Crippen LogP contribution in [-0.4, -0.2) is 28.9 Å². The molecule has 0 saturated carbocycles. The lowest BCUT2D eigenvalue weighted by Crippen LogP contribution is -2.14. The van der Waals surface area contributed by atoms with E-state index in [1.54, 1.807) is 7.11 Å². The first-order valence-electron chi connectivity index (χ1n) is 5.12. The predicted octanol–water partition coefficient (Wildman–Crippen LogP) is 2.25. The number of ether oxygens (including phenoxy) is 1. The van der Waals surface area contributed by atoms with Crippen molar-refractivity contribution in [2.75, 3.05) is 19.1 Å². The van der Waals surface area contributed by atoms with Crippen LogP contribution in [0.4, 0.5) is 11.6 Å². The minimum Gasteiger partial charge on any atom is -0.497 e. The van der Waals surface area contributed by atoms with Crippen LogP contribution in [0.2, 0.25) is 0 Å². The molecule has 1 heterocycles. The van der Waals surface area contributed by atoms with Gasteiger partial charge in [-0.25, -0.2) is 5.10 Å². The number of methoxy groups -OCH3 is 1. The third-order valence-corrected chi connectivity index (χ3v) is 2.98. The second-order valence-electron chi connectivity index (χ2n) is 3.64. The van der Waals surface area contributed by atoms with Crippen molar-refractivity contribution in [2.24, 2.45) is 7.05 Å². The smallest absolute Gasteiger partial charge is 0.229 e. The Balaban J connectivity index is 2.33. The first kappa shape index (κ1) is 11.7. The SMILES string of the molecule is COc1ccc(N(C)c2n[nH]c(=S)n2C)cc1. The standard InChI is InChI=1S/C11H14N4OS/c1-14(10-12-13-11(17)15(10)2)8-4-6-9(16-3)7-5-8/h4-7H,1-3H3,(H,13,17). The van der Waals surface area contributed by atoms with Crippen LogP contribution in [0.15, 0.2) is 24.3 Å². The number of H-pyrrole nitrogens is 1. The predicted molar refractivity (Wildman–Crippen MR) is 69.4 cm³/mol. The van der Waals surface area contributed by atoms with Crippen molar-refractivity contribution in [2.45, 2.75) is 0 Å². The summed E-state index contributed by atoms with van der Waals surface area (Å²) in [6, 6.07) is 7.76. The van der Waals surface area contributed by atoms with Crippen LogP contribution in [0.5, 0.6) is 5.75 Å². The van der Waals surface area contributed by atoms with Crippen molar-refractivity contribution in [1.29, 1.82) is 0 Å². The van der Waals surface area contributed by atoms with Gasteiger partial charge in [0.05, 0.1) is 7.11 Å². The van der Waals surface area contributed by atoms with Crippen molar-refractivity contribution in [1.82, 2.24) is 14.8 Å². The van der Waals surface area contributed by atoms with E-state index in [2.05, 4.69) is 10.2 Å². The number of aromatic amines is 1. The molecule has 0 aliphatic rings. The highest BCUT2D eigenvalue weighted by Crippen LogP contribution is 2.23. The Labute approximate surface area is 105 Å². The second kappa shape index (κ2) is 4.58. The van der Waals surface area contributed by atoms with E-state index in [9.17, 15) is 0 Å². The third kappa shape index (κ3) is 2.16. The van der Waals surface area contributed by atoms with Crippen LogP contribution in [0.25, 0.3) is 0 Å². The molecular weight excluding hydrogens is 236 g/mol. The van der Waals surface area contributed by atoms with Gasteiger partial charge < -0.3 is 9.64 Å². The molecule has 1 aromatic heterocycles. The molecule has 0 aliphatic carbocycles. The molecular formula is C11H14N4OS. The van der Waals surface area contributed by atoms with Crippen LogP contribution < -0.4 is 9.64 Å². The quantitative estimate of drug-likeness (QED) is 0.849. The van der Waals surface area contributed by atoms with Gasteiger partial charge in [-0.3, -0.25) is 4.57 Å². The third-order valence-electron chi connectivity index (χ3n) is 2.62. The Morgan fingerprint density at radius 1 is 1.35 bits per heavy atom. The molecule has 0 atom stereocenters. The van der Waals surface area contributed by atoms with Gasteiger partial charge in [0.25, 0.3) is 0 Å². The van der Waals surface area contributed by atoms with E-state index in [1.807, 2.05) is 47.8 Å². The highest BCUT2D eigenvalue weighted by atomic mass is 32.1. The number of nitrogens with one attached hydrogen (secondary N) is 1. The molecule has 1 N–H and O–H groups in total. The number of hydrogen-bond acceptors (Lipinski definition) is 4. The van der Waals surface area contributed by atoms with Crippen molar-refractivity contribution in [3.63, 3.8) is 0 Å². The summed E-state index contributed by atoms with van der Waals surface area (Å²) in [5.74, 6) is 1.60. The minimum absolute atomic E-state index is 0.598. The molecule has 0 fully saturated rings. The van der Waals surface area contributed by atoms with E-state index in [4.69, 9.17) is 17.0 Å². The fourth-order valence-corrected chi connectivity index (χ4v) is 1.69. The number of nitrogens with zero attached hydrogens (tertiary/aromatic N) is 3. The highest BCUT2D eigenvalue weighted by molar-refractivity contribution is 7.71. The summed E-state index contributed by atoms with van der Waals surface area (Å²) < 4.78 is 7.54. The number of hydrogen-bond donors (Lipinski definition) is 1. The van der Waals surface area contributed by atoms with Crippen LogP contribution in [-0.2, 0) is 7.05 Å². The maximum Gasteiger partial charge on any atom is 0.229 e. The molecule has 2 rings (SSSR count). The fraction of sp³-hybridized carbons (Fsp3) is 0.273. The van der Waals surface area contributed by atoms with Gasteiger partial charge in [0.15, 0.2) is 4.77 Å².